The highest BCUT2D eigenvalue weighted by Crippen LogP contribution is 2.31. The number of hydrogen-bond acceptors (Lipinski definition) is 6. The highest BCUT2D eigenvalue weighted by atomic mass is 16.5. The molecule has 2 aromatic rings. The molecular weight excluding hydrogens is 410 g/mol. The molecule has 0 aromatic heterocycles. The van der Waals surface area contributed by atoms with Crippen molar-refractivity contribution in [2.24, 2.45) is 0 Å². The number of hydrogen-bond donors (Lipinski definition) is 1. The second-order valence-corrected chi connectivity index (χ2v) is 7.38. The van der Waals surface area contributed by atoms with Gasteiger partial charge < -0.3 is 24.3 Å². The number of carbonyl (C=O) groups is 2. The third-order valence-electron chi connectivity index (χ3n) is 4.99. The zero-order chi connectivity index (χ0) is 22.8. The first-order valence-corrected chi connectivity index (χ1v) is 11.2. The summed E-state index contributed by atoms with van der Waals surface area (Å²) in [6.45, 7) is 6.63. The van der Waals surface area contributed by atoms with E-state index in [1.54, 1.807) is 18.2 Å². The number of carbonyl (C=O) groups excluding carboxylic acids is 2. The van der Waals surface area contributed by atoms with E-state index in [0.29, 0.717) is 62.2 Å². The fourth-order valence-electron chi connectivity index (χ4n) is 3.39. The van der Waals surface area contributed by atoms with Crippen LogP contribution in [0.2, 0.25) is 0 Å². The molecule has 1 aliphatic rings. The lowest BCUT2D eigenvalue weighted by Gasteiger charge is -2.12. The van der Waals surface area contributed by atoms with Crippen LogP contribution in [0.1, 0.15) is 49.0 Å². The summed E-state index contributed by atoms with van der Waals surface area (Å²) in [5.41, 5.74) is 1.57. The number of ketones is 1. The summed E-state index contributed by atoms with van der Waals surface area (Å²) in [6, 6.07) is 11.0. The predicted molar refractivity (Wildman–Crippen MR) is 121 cm³/mol. The number of amides is 1. The van der Waals surface area contributed by atoms with Gasteiger partial charge in [-0.15, -0.1) is 0 Å². The van der Waals surface area contributed by atoms with Gasteiger partial charge in [-0.1, -0.05) is 6.07 Å². The molecule has 32 heavy (non-hydrogen) atoms. The van der Waals surface area contributed by atoms with E-state index < -0.39 is 0 Å². The molecule has 0 aliphatic carbocycles. The van der Waals surface area contributed by atoms with Crippen LogP contribution in [0.15, 0.2) is 36.4 Å². The van der Waals surface area contributed by atoms with Gasteiger partial charge in [0.05, 0.1) is 26.4 Å². The van der Waals surface area contributed by atoms with Crippen molar-refractivity contribution in [3.05, 3.63) is 47.5 Å². The lowest BCUT2D eigenvalue weighted by molar-refractivity contribution is -0.121. The Hall–Kier alpha value is -3.22. The summed E-state index contributed by atoms with van der Waals surface area (Å²) >= 11 is 0. The molecule has 0 spiro atoms. The minimum absolute atomic E-state index is 0.0938. The zero-order valence-corrected chi connectivity index (χ0v) is 18.8. The molecule has 7 heteroatoms. The van der Waals surface area contributed by atoms with Crippen LogP contribution in [0, 0.1) is 0 Å². The van der Waals surface area contributed by atoms with E-state index in [9.17, 15) is 9.59 Å². The van der Waals surface area contributed by atoms with Crippen molar-refractivity contribution in [1.29, 1.82) is 0 Å². The molecule has 0 fully saturated rings. The lowest BCUT2D eigenvalue weighted by atomic mass is 10.1. The van der Waals surface area contributed by atoms with E-state index in [1.807, 2.05) is 32.0 Å². The molecule has 1 heterocycles. The van der Waals surface area contributed by atoms with Crippen molar-refractivity contribution >= 4 is 11.7 Å². The first kappa shape index (κ1) is 23.4. The van der Waals surface area contributed by atoms with Gasteiger partial charge in [0.15, 0.2) is 28.8 Å². The van der Waals surface area contributed by atoms with E-state index in [4.69, 9.17) is 18.9 Å². The van der Waals surface area contributed by atoms with Crippen molar-refractivity contribution in [3.63, 3.8) is 0 Å². The summed E-state index contributed by atoms with van der Waals surface area (Å²) in [7, 11) is 0. The third kappa shape index (κ3) is 6.64. The average Bonchev–Trinajstić information content (AvgIpc) is 3.04. The highest BCUT2D eigenvalue weighted by Gasteiger charge is 2.15. The van der Waals surface area contributed by atoms with E-state index in [-0.39, 0.29) is 24.5 Å². The topological polar surface area (TPSA) is 83.1 Å². The van der Waals surface area contributed by atoms with Crippen LogP contribution < -0.4 is 24.3 Å². The number of nitrogens with one attached hydrogen (secondary N) is 1. The summed E-state index contributed by atoms with van der Waals surface area (Å²) < 4.78 is 22.4. The number of ether oxygens (including phenoxy) is 4. The van der Waals surface area contributed by atoms with Crippen LogP contribution in [-0.2, 0) is 11.2 Å². The summed E-state index contributed by atoms with van der Waals surface area (Å²) in [4.78, 5) is 24.7. The van der Waals surface area contributed by atoms with Gasteiger partial charge in [0.1, 0.15) is 0 Å². The Morgan fingerprint density at radius 3 is 2.44 bits per heavy atom. The lowest BCUT2D eigenvalue weighted by Crippen LogP contribution is -2.26. The molecule has 0 unspecified atom stereocenters. The van der Waals surface area contributed by atoms with Gasteiger partial charge in [0.25, 0.3) is 0 Å². The van der Waals surface area contributed by atoms with Crippen LogP contribution in [0.4, 0.5) is 0 Å². The maximum atomic E-state index is 12.5. The summed E-state index contributed by atoms with van der Waals surface area (Å²) in [5, 5.41) is 2.88. The Kier molecular flexibility index (Phi) is 8.78. The van der Waals surface area contributed by atoms with Gasteiger partial charge in [-0.3, -0.25) is 9.59 Å². The summed E-state index contributed by atoms with van der Waals surface area (Å²) in [6.07, 6.45) is 1.75. The van der Waals surface area contributed by atoms with Crippen LogP contribution in [-0.4, -0.2) is 44.7 Å². The van der Waals surface area contributed by atoms with Crippen molar-refractivity contribution in [1.82, 2.24) is 5.32 Å². The Morgan fingerprint density at radius 1 is 0.906 bits per heavy atom. The Labute approximate surface area is 189 Å². The Balaban J connectivity index is 1.45. The van der Waals surface area contributed by atoms with Gasteiger partial charge in [0.2, 0.25) is 5.91 Å². The number of Topliss-reactive ketones (excluding diaryl/α,β-unsaturated/α-hetero) is 1. The third-order valence-corrected chi connectivity index (χ3v) is 4.99. The number of fused-ring (bicyclic) bond motifs is 1. The standard InChI is InChI=1S/C25H31NO6/c1-3-29-21-9-6-18(16-23(21)30-4-2)12-13-26-25(28)11-8-20(27)19-7-10-22-24(17-19)32-15-5-14-31-22/h6-7,9-10,16-17H,3-5,8,11-15H2,1-2H3,(H,26,28). The molecule has 0 saturated carbocycles. The monoisotopic (exact) mass is 441 g/mol. The van der Waals surface area contributed by atoms with Crippen molar-refractivity contribution in [2.45, 2.75) is 39.5 Å². The van der Waals surface area contributed by atoms with E-state index in [0.717, 1.165) is 17.7 Å². The van der Waals surface area contributed by atoms with Crippen molar-refractivity contribution in [2.75, 3.05) is 33.0 Å². The van der Waals surface area contributed by atoms with Gasteiger partial charge in [-0.2, -0.15) is 0 Å². The molecule has 0 saturated heterocycles. The fourth-order valence-corrected chi connectivity index (χ4v) is 3.39. The molecule has 172 valence electrons. The minimum Gasteiger partial charge on any atom is -0.490 e. The van der Waals surface area contributed by atoms with Crippen LogP contribution >= 0.6 is 0 Å². The molecule has 1 aliphatic heterocycles. The second kappa shape index (κ2) is 12.0. The largest absolute Gasteiger partial charge is 0.490 e. The quantitative estimate of drug-likeness (QED) is 0.532. The first-order valence-electron chi connectivity index (χ1n) is 11.2. The van der Waals surface area contributed by atoms with Gasteiger partial charge in [-0.05, 0) is 56.2 Å². The van der Waals surface area contributed by atoms with E-state index in [1.165, 1.54) is 0 Å². The van der Waals surface area contributed by atoms with Crippen LogP contribution in [0.5, 0.6) is 23.0 Å². The maximum absolute atomic E-state index is 12.5. The SMILES string of the molecule is CCOc1ccc(CCNC(=O)CCC(=O)c2ccc3c(c2)OCCCO3)cc1OCC. The molecule has 0 bridgehead atoms. The molecule has 7 nitrogen and oxygen atoms in total. The average molecular weight is 442 g/mol. The van der Waals surface area contributed by atoms with Crippen LogP contribution in [0.25, 0.3) is 0 Å². The number of benzene rings is 2. The van der Waals surface area contributed by atoms with Gasteiger partial charge in [0, 0.05) is 31.4 Å². The van der Waals surface area contributed by atoms with Crippen LogP contribution in [0.3, 0.4) is 0 Å². The molecule has 1 amide bonds. The first-order chi connectivity index (χ1) is 15.6. The highest BCUT2D eigenvalue weighted by molar-refractivity contribution is 5.98. The van der Waals surface area contributed by atoms with E-state index >= 15 is 0 Å². The summed E-state index contributed by atoms with van der Waals surface area (Å²) in [5.74, 6) is 2.42. The molecule has 2 aromatic carbocycles. The predicted octanol–water partition coefficient (Wildman–Crippen LogP) is 3.97. The minimum atomic E-state index is -0.149. The van der Waals surface area contributed by atoms with Crippen molar-refractivity contribution in [3.8, 4) is 23.0 Å². The fraction of sp³-hybridized carbons (Fsp3) is 0.440. The molecule has 0 atom stereocenters. The zero-order valence-electron chi connectivity index (χ0n) is 18.8. The molecule has 0 radical (unpaired) electrons. The Bertz CT molecular complexity index is 927. The molecule has 1 N–H and O–H groups in total. The number of rotatable bonds is 11. The van der Waals surface area contributed by atoms with Crippen molar-refractivity contribution < 1.29 is 28.5 Å². The van der Waals surface area contributed by atoms with Gasteiger partial charge >= 0.3 is 0 Å². The normalized spacial score (nSPS) is 12.6. The molecular formula is C25H31NO6. The van der Waals surface area contributed by atoms with E-state index in [2.05, 4.69) is 5.32 Å². The Morgan fingerprint density at radius 2 is 1.66 bits per heavy atom. The second-order valence-electron chi connectivity index (χ2n) is 7.38. The van der Waals surface area contributed by atoms with Gasteiger partial charge in [-0.25, -0.2) is 0 Å². The molecule has 3 rings (SSSR count). The maximum Gasteiger partial charge on any atom is 0.220 e. The smallest absolute Gasteiger partial charge is 0.220 e.